The van der Waals surface area contributed by atoms with Crippen molar-refractivity contribution < 1.29 is 13.5 Å². The van der Waals surface area contributed by atoms with Crippen molar-refractivity contribution in [3.63, 3.8) is 0 Å². The van der Waals surface area contributed by atoms with Gasteiger partial charge in [0.05, 0.1) is 6.20 Å². The number of pyridine rings is 1. The van der Waals surface area contributed by atoms with Crippen molar-refractivity contribution in [3.8, 4) is 11.5 Å². The maximum absolute atomic E-state index is 14.3. The third-order valence-electron chi connectivity index (χ3n) is 3.89. The first-order chi connectivity index (χ1) is 13.6. The Labute approximate surface area is 162 Å². The minimum Gasteiger partial charge on any atom is -0.453 e. The number of aliphatic imine (C=N–C) groups is 1. The molecule has 1 aromatic heterocycles. The second-order valence-electron chi connectivity index (χ2n) is 5.96. The Morgan fingerprint density at radius 1 is 1.00 bits per heavy atom. The van der Waals surface area contributed by atoms with Gasteiger partial charge in [-0.2, -0.15) is 0 Å². The van der Waals surface area contributed by atoms with Crippen molar-refractivity contribution in [3.05, 3.63) is 89.8 Å². The Hall–Kier alpha value is -3.48. The number of guanidine groups is 1. The highest BCUT2D eigenvalue weighted by molar-refractivity contribution is 5.79. The molecule has 3 rings (SSSR count). The van der Waals surface area contributed by atoms with Crippen molar-refractivity contribution in [1.82, 2.24) is 15.6 Å². The molecule has 0 amide bonds. The molecule has 0 radical (unpaired) electrons. The molecule has 1 heterocycles. The quantitative estimate of drug-likeness (QED) is 0.499. The zero-order chi connectivity index (χ0) is 19.8. The Morgan fingerprint density at radius 2 is 1.79 bits per heavy atom. The predicted octanol–water partition coefficient (Wildman–Crippen LogP) is 4.02. The van der Waals surface area contributed by atoms with Crippen LogP contribution in [0.25, 0.3) is 0 Å². The first-order valence-corrected chi connectivity index (χ1v) is 8.69. The van der Waals surface area contributed by atoms with Gasteiger partial charge in [-0.1, -0.05) is 18.2 Å². The molecule has 0 spiro atoms. The van der Waals surface area contributed by atoms with Crippen molar-refractivity contribution in [2.24, 2.45) is 4.99 Å². The Bertz CT molecular complexity index is 948. The second-order valence-corrected chi connectivity index (χ2v) is 5.96. The highest BCUT2D eigenvalue weighted by Crippen LogP contribution is 2.24. The van der Waals surface area contributed by atoms with Crippen LogP contribution in [0.2, 0.25) is 0 Å². The van der Waals surface area contributed by atoms with E-state index in [4.69, 9.17) is 4.74 Å². The van der Waals surface area contributed by atoms with Crippen LogP contribution >= 0.6 is 0 Å². The van der Waals surface area contributed by atoms with Gasteiger partial charge in [0.25, 0.3) is 0 Å². The number of hydrogen-bond donors (Lipinski definition) is 2. The molecule has 0 unspecified atom stereocenters. The fraction of sp³-hybridized carbons (Fsp3) is 0.143. The van der Waals surface area contributed by atoms with E-state index in [1.54, 1.807) is 43.6 Å². The third kappa shape index (κ3) is 5.51. The number of nitrogens with zero attached hydrogens (tertiary/aromatic N) is 2. The Kier molecular flexibility index (Phi) is 6.51. The largest absolute Gasteiger partial charge is 0.453 e. The van der Waals surface area contributed by atoms with Crippen molar-refractivity contribution in [2.45, 2.75) is 13.1 Å². The van der Waals surface area contributed by atoms with Crippen LogP contribution < -0.4 is 15.4 Å². The van der Waals surface area contributed by atoms with Gasteiger partial charge in [0.15, 0.2) is 17.5 Å². The lowest BCUT2D eigenvalue weighted by Gasteiger charge is -2.13. The van der Waals surface area contributed by atoms with Crippen molar-refractivity contribution in [1.29, 1.82) is 0 Å². The normalized spacial score (nSPS) is 11.2. The molecule has 144 valence electrons. The summed E-state index contributed by atoms with van der Waals surface area (Å²) < 4.78 is 33.0. The molecule has 0 atom stereocenters. The van der Waals surface area contributed by atoms with E-state index in [1.165, 1.54) is 24.4 Å². The number of aromatic nitrogens is 1. The lowest BCUT2D eigenvalue weighted by Crippen LogP contribution is -2.36. The van der Waals surface area contributed by atoms with Crippen LogP contribution in [0, 0.1) is 11.6 Å². The third-order valence-corrected chi connectivity index (χ3v) is 3.89. The fourth-order valence-corrected chi connectivity index (χ4v) is 2.51. The van der Waals surface area contributed by atoms with E-state index in [0.29, 0.717) is 24.8 Å². The summed E-state index contributed by atoms with van der Waals surface area (Å²) in [5.74, 6) is 0.372. The summed E-state index contributed by atoms with van der Waals surface area (Å²) in [5, 5.41) is 6.18. The van der Waals surface area contributed by atoms with Crippen LogP contribution in [-0.4, -0.2) is 18.0 Å². The van der Waals surface area contributed by atoms with Gasteiger partial charge in [-0.3, -0.25) is 9.98 Å². The first kappa shape index (κ1) is 19.3. The minimum atomic E-state index is -0.467. The standard InChI is InChI=1S/C21H20F2N4O/c1-24-21(26-12-15-4-2-5-17(22)10-15)27-13-16-7-8-20(19(23)11-16)28-18-6-3-9-25-14-18/h2-11,14H,12-13H2,1H3,(H2,24,26,27). The van der Waals surface area contributed by atoms with Gasteiger partial charge in [0.2, 0.25) is 0 Å². The molecule has 0 aliphatic rings. The van der Waals surface area contributed by atoms with Crippen LogP contribution in [0.15, 0.2) is 72.0 Å². The van der Waals surface area contributed by atoms with Gasteiger partial charge in [0, 0.05) is 26.3 Å². The minimum absolute atomic E-state index is 0.130. The number of benzene rings is 2. The van der Waals surface area contributed by atoms with Gasteiger partial charge in [-0.15, -0.1) is 0 Å². The molecule has 5 nitrogen and oxygen atoms in total. The predicted molar refractivity (Wildman–Crippen MR) is 104 cm³/mol. The van der Waals surface area contributed by atoms with Crippen LogP contribution in [0.3, 0.4) is 0 Å². The number of ether oxygens (including phenoxy) is 1. The summed E-state index contributed by atoms with van der Waals surface area (Å²) >= 11 is 0. The summed E-state index contributed by atoms with van der Waals surface area (Å²) in [6.45, 7) is 0.788. The van der Waals surface area contributed by atoms with E-state index in [-0.39, 0.29) is 11.6 Å². The number of nitrogens with one attached hydrogen (secondary N) is 2. The zero-order valence-electron chi connectivity index (χ0n) is 15.3. The molecule has 28 heavy (non-hydrogen) atoms. The van der Waals surface area contributed by atoms with E-state index in [2.05, 4.69) is 20.6 Å². The first-order valence-electron chi connectivity index (χ1n) is 8.69. The SMILES string of the molecule is CN=C(NCc1cccc(F)c1)NCc1ccc(Oc2cccnc2)c(F)c1. The summed E-state index contributed by atoms with van der Waals surface area (Å²) in [5.41, 5.74) is 1.52. The topological polar surface area (TPSA) is 58.5 Å². The van der Waals surface area contributed by atoms with E-state index >= 15 is 0 Å². The molecule has 3 aromatic rings. The fourth-order valence-electron chi connectivity index (χ4n) is 2.51. The number of rotatable bonds is 6. The molecular weight excluding hydrogens is 362 g/mol. The van der Waals surface area contributed by atoms with Crippen LogP contribution in [0.5, 0.6) is 11.5 Å². The van der Waals surface area contributed by atoms with Gasteiger partial charge in [0.1, 0.15) is 11.6 Å². The van der Waals surface area contributed by atoms with Gasteiger partial charge >= 0.3 is 0 Å². The van der Waals surface area contributed by atoms with Crippen LogP contribution in [-0.2, 0) is 13.1 Å². The van der Waals surface area contributed by atoms with Gasteiger partial charge in [-0.05, 0) is 47.5 Å². The van der Waals surface area contributed by atoms with E-state index in [0.717, 1.165) is 11.1 Å². The lowest BCUT2D eigenvalue weighted by atomic mass is 10.2. The maximum atomic E-state index is 14.3. The van der Waals surface area contributed by atoms with E-state index < -0.39 is 5.82 Å². The molecular formula is C21H20F2N4O. The average molecular weight is 382 g/mol. The molecule has 0 saturated carbocycles. The molecule has 0 bridgehead atoms. The highest BCUT2D eigenvalue weighted by atomic mass is 19.1. The van der Waals surface area contributed by atoms with Crippen LogP contribution in [0.1, 0.15) is 11.1 Å². The smallest absolute Gasteiger partial charge is 0.191 e. The second kappa shape index (κ2) is 9.45. The highest BCUT2D eigenvalue weighted by Gasteiger charge is 2.07. The number of hydrogen-bond acceptors (Lipinski definition) is 3. The Morgan fingerprint density at radius 3 is 2.43 bits per heavy atom. The lowest BCUT2D eigenvalue weighted by molar-refractivity contribution is 0.440. The molecule has 0 aliphatic heterocycles. The van der Waals surface area contributed by atoms with Gasteiger partial charge in [-0.25, -0.2) is 8.78 Å². The molecule has 2 N–H and O–H groups in total. The van der Waals surface area contributed by atoms with Crippen LogP contribution in [0.4, 0.5) is 8.78 Å². The molecule has 2 aromatic carbocycles. The number of halogens is 2. The summed E-state index contributed by atoms with van der Waals surface area (Å²) in [6, 6.07) is 14.5. The molecule has 0 aliphatic carbocycles. The summed E-state index contributed by atoms with van der Waals surface area (Å²) in [4.78, 5) is 8.04. The van der Waals surface area contributed by atoms with Crippen molar-refractivity contribution in [2.75, 3.05) is 7.05 Å². The van der Waals surface area contributed by atoms with Gasteiger partial charge < -0.3 is 15.4 Å². The maximum Gasteiger partial charge on any atom is 0.191 e. The monoisotopic (exact) mass is 382 g/mol. The average Bonchev–Trinajstić information content (AvgIpc) is 2.71. The Balaban J connectivity index is 1.55. The molecule has 7 heteroatoms. The summed E-state index contributed by atoms with van der Waals surface area (Å²) in [6.07, 6.45) is 3.14. The van der Waals surface area contributed by atoms with Crippen molar-refractivity contribution >= 4 is 5.96 Å². The zero-order valence-corrected chi connectivity index (χ0v) is 15.3. The molecule has 0 fully saturated rings. The van der Waals surface area contributed by atoms with E-state index in [9.17, 15) is 8.78 Å². The molecule has 0 saturated heterocycles. The van der Waals surface area contributed by atoms with E-state index in [1.807, 2.05) is 6.07 Å². The summed E-state index contributed by atoms with van der Waals surface area (Å²) in [7, 11) is 1.63.